The summed E-state index contributed by atoms with van der Waals surface area (Å²) in [6, 6.07) is 14.3. The Balaban J connectivity index is 1.61. The lowest BCUT2D eigenvalue weighted by atomic mass is 9.93. The molecule has 2 aromatic rings. The molecular weight excluding hydrogens is 414 g/mol. The number of hydrogen-bond donors (Lipinski definition) is 2. The van der Waals surface area contributed by atoms with E-state index in [-0.39, 0.29) is 18.4 Å². The minimum atomic E-state index is -0.756. The molecule has 2 atom stereocenters. The van der Waals surface area contributed by atoms with Crippen molar-refractivity contribution in [3.8, 4) is 11.1 Å². The van der Waals surface area contributed by atoms with Crippen LogP contribution in [0.5, 0.6) is 0 Å². The van der Waals surface area contributed by atoms with E-state index in [1.165, 1.54) is 16.7 Å². The fourth-order valence-corrected chi connectivity index (χ4v) is 4.49. The molecule has 0 aliphatic carbocycles. The molecule has 1 aliphatic heterocycles. The summed E-state index contributed by atoms with van der Waals surface area (Å²) in [5, 5.41) is 19.6. The van der Waals surface area contributed by atoms with Gasteiger partial charge in [-0.15, -0.1) is 0 Å². The molecule has 0 aromatic heterocycles. The molecule has 0 saturated carbocycles. The zero-order valence-electron chi connectivity index (χ0n) is 19.7. The summed E-state index contributed by atoms with van der Waals surface area (Å²) in [6.45, 7) is 4.85. The lowest BCUT2D eigenvalue weighted by Crippen LogP contribution is -2.32. The third-order valence-corrected chi connectivity index (χ3v) is 6.47. The summed E-state index contributed by atoms with van der Waals surface area (Å²) < 4.78 is 0. The van der Waals surface area contributed by atoms with E-state index in [0.29, 0.717) is 19.4 Å². The number of aliphatic carboxylic acids is 1. The molecule has 0 spiro atoms. The van der Waals surface area contributed by atoms with Crippen molar-refractivity contribution in [1.82, 2.24) is 4.90 Å². The van der Waals surface area contributed by atoms with Crippen LogP contribution in [-0.4, -0.2) is 39.6 Å². The lowest BCUT2D eigenvalue weighted by molar-refractivity contribution is -0.137. The van der Waals surface area contributed by atoms with Gasteiger partial charge in [0.2, 0.25) is 5.91 Å². The van der Waals surface area contributed by atoms with Crippen LogP contribution in [0.2, 0.25) is 0 Å². The Morgan fingerprint density at radius 3 is 2.55 bits per heavy atom. The molecule has 5 heteroatoms. The van der Waals surface area contributed by atoms with E-state index in [9.17, 15) is 14.7 Å². The highest BCUT2D eigenvalue weighted by Crippen LogP contribution is 2.30. The van der Waals surface area contributed by atoms with E-state index in [1.807, 2.05) is 35.2 Å². The summed E-state index contributed by atoms with van der Waals surface area (Å²) in [5.41, 5.74) is 5.50. The van der Waals surface area contributed by atoms with Crippen molar-refractivity contribution in [2.75, 3.05) is 6.54 Å². The molecule has 3 rings (SSSR count). The summed E-state index contributed by atoms with van der Waals surface area (Å²) in [6.07, 6.45) is 7.87. The zero-order chi connectivity index (χ0) is 23.8. The second-order valence-corrected chi connectivity index (χ2v) is 8.97. The van der Waals surface area contributed by atoms with Gasteiger partial charge in [-0.3, -0.25) is 9.59 Å². The van der Waals surface area contributed by atoms with E-state index in [1.54, 1.807) is 6.08 Å². The molecule has 2 aromatic carbocycles. The summed E-state index contributed by atoms with van der Waals surface area (Å²) in [5.74, 6) is -0.602. The van der Waals surface area contributed by atoms with Gasteiger partial charge < -0.3 is 15.1 Å². The number of likely N-dealkylation sites (tertiary alicyclic amines) is 1. The molecule has 1 amide bonds. The van der Waals surface area contributed by atoms with Gasteiger partial charge in [0.05, 0.1) is 12.1 Å². The predicted octanol–water partition coefficient (Wildman–Crippen LogP) is 5.59. The van der Waals surface area contributed by atoms with Gasteiger partial charge in [-0.05, 0) is 67.0 Å². The number of amides is 1. The number of unbranched alkanes of at least 4 members (excludes halogenated alkanes) is 3. The van der Waals surface area contributed by atoms with Crippen molar-refractivity contribution in [2.45, 2.75) is 70.9 Å². The molecular formula is C28H35NO4. The Morgan fingerprint density at radius 1 is 1.06 bits per heavy atom. The molecule has 1 aliphatic rings. The van der Waals surface area contributed by atoms with E-state index >= 15 is 0 Å². The number of aliphatic hydroxyl groups excluding tert-OH is 1. The minimum absolute atomic E-state index is 0.00690. The standard InChI is InChI=1S/C28H35NO4/c1-20-9-6-7-10-24(20)25-19-22(13-12-21(25)2)26(30)16-14-23-15-17-27(31)29(23)18-8-4-3-5-11-28(32)33/h6-7,9-10,12-14,16,19,23,26,30H,3-5,8,11,15,17-18H2,1-2H3,(H,32,33)/b16-14+/t23?,26-/m1/s1. The zero-order valence-corrected chi connectivity index (χ0v) is 19.7. The topological polar surface area (TPSA) is 77.8 Å². The number of carboxylic acids is 1. The maximum absolute atomic E-state index is 12.3. The second kappa shape index (κ2) is 11.8. The molecule has 2 N–H and O–H groups in total. The van der Waals surface area contributed by atoms with Gasteiger partial charge in [0.15, 0.2) is 0 Å². The van der Waals surface area contributed by atoms with Crippen LogP contribution < -0.4 is 0 Å². The monoisotopic (exact) mass is 449 g/mol. The van der Waals surface area contributed by atoms with E-state index in [4.69, 9.17) is 5.11 Å². The smallest absolute Gasteiger partial charge is 0.303 e. The Morgan fingerprint density at radius 2 is 1.79 bits per heavy atom. The van der Waals surface area contributed by atoms with Gasteiger partial charge in [0.1, 0.15) is 0 Å². The number of carbonyl (C=O) groups excluding carboxylic acids is 1. The minimum Gasteiger partial charge on any atom is -0.481 e. The highest BCUT2D eigenvalue weighted by molar-refractivity contribution is 5.79. The maximum atomic E-state index is 12.3. The summed E-state index contributed by atoms with van der Waals surface area (Å²) in [4.78, 5) is 24.8. The van der Waals surface area contributed by atoms with Crippen LogP contribution in [-0.2, 0) is 9.59 Å². The first kappa shape index (κ1) is 24.7. The van der Waals surface area contributed by atoms with Crippen molar-refractivity contribution < 1.29 is 19.8 Å². The van der Waals surface area contributed by atoms with Crippen molar-refractivity contribution in [2.24, 2.45) is 0 Å². The van der Waals surface area contributed by atoms with Gasteiger partial charge in [-0.2, -0.15) is 0 Å². The molecule has 1 heterocycles. The fourth-order valence-electron chi connectivity index (χ4n) is 4.49. The molecule has 176 valence electrons. The third kappa shape index (κ3) is 6.78. The van der Waals surface area contributed by atoms with Crippen LogP contribution in [0.4, 0.5) is 0 Å². The number of nitrogens with zero attached hydrogens (tertiary/aromatic N) is 1. The highest BCUT2D eigenvalue weighted by atomic mass is 16.4. The Kier molecular flexibility index (Phi) is 8.84. The van der Waals surface area contributed by atoms with Crippen molar-refractivity contribution >= 4 is 11.9 Å². The maximum Gasteiger partial charge on any atom is 0.303 e. The van der Waals surface area contributed by atoms with Crippen LogP contribution in [0.15, 0.2) is 54.6 Å². The van der Waals surface area contributed by atoms with Gasteiger partial charge in [0, 0.05) is 19.4 Å². The average molecular weight is 450 g/mol. The number of rotatable bonds is 11. The SMILES string of the molecule is Cc1ccccc1-c1cc([C@H](O)/C=C/C2CCC(=O)N2CCCCCCC(=O)O)ccc1C. The fraction of sp³-hybridized carbons (Fsp3) is 0.429. The number of benzene rings is 2. The number of hydrogen-bond acceptors (Lipinski definition) is 3. The van der Waals surface area contributed by atoms with E-state index < -0.39 is 12.1 Å². The average Bonchev–Trinajstić information content (AvgIpc) is 3.14. The van der Waals surface area contributed by atoms with Gasteiger partial charge in [0.25, 0.3) is 0 Å². The summed E-state index contributed by atoms with van der Waals surface area (Å²) >= 11 is 0. The molecule has 0 radical (unpaired) electrons. The molecule has 33 heavy (non-hydrogen) atoms. The van der Waals surface area contributed by atoms with Crippen molar-refractivity contribution in [3.05, 3.63) is 71.3 Å². The highest BCUT2D eigenvalue weighted by Gasteiger charge is 2.28. The van der Waals surface area contributed by atoms with Crippen molar-refractivity contribution in [3.63, 3.8) is 0 Å². The first-order valence-electron chi connectivity index (χ1n) is 11.9. The first-order valence-corrected chi connectivity index (χ1v) is 11.9. The van der Waals surface area contributed by atoms with Crippen molar-refractivity contribution in [1.29, 1.82) is 0 Å². The second-order valence-electron chi connectivity index (χ2n) is 8.97. The number of carbonyl (C=O) groups is 2. The van der Waals surface area contributed by atoms with E-state index in [0.717, 1.165) is 36.8 Å². The molecule has 5 nitrogen and oxygen atoms in total. The van der Waals surface area contributed by atoms with E-state index in [2.05, 4.69) is 32.0 Å². The van der Waals surface area contributed by atoms with Crippen LogP contribution in [0.3, 0.4) is 0 Å². The Hall–Kier alpha value is -2.92. The molecule has 1 saturated heterocycles. The largest absolute Gasteiger partial charge is 0.481 e. The molecule has 1 fully saturated rings. The normalized spacial score (nSPS) is 17.1. The summed E-state index contributed by atoms with van der Waals surface area (Å²) in [7, 11) is 0. The molecule has 0 bridgehead atoms. The number of carboxylic acid groups (broad SMARTS) is 1. The molecule has 1 unspecified atom stereocenters. The predicted molar refractivity (Wildman–Crippen MR) is 131 cm³/mol. The third-order valence-electron chi connectivity index (χ3n) is 6.47. The number of aryl methyl sites for hydroxylation is 2. The lowest BCUT2D eigenvalue weighted by Gasteiger charge is -2.23. The Bertz CT molecular complexity index is 997. The van der Waals surface area contributed by atoms with Crippen LogP contribution in [0.1, 0.15) is 67.7 Å². The quantitative estimate of drug-likeness (QED) is 0.346. The van der Waals surface area contributed by atoms with Gasteiger partial charge in [-0.1, -0.05) is 61.4 Å². The van der Waals surface area contributed by atoms with Crippen LogP contribution >= 0.6 is 0 Å². The van der Waals surface area contributed by atoms with Gasteiger partial charge >= 0.3 is 5.97 Å². The van der Waals surface area contributed by atoms with Crippen LogP contribution in [0, 0.1) is 13.8 Å². The first-order chi connectivity index (χ1) is 15.9. The van der Waals surface area contributed by atoms with Crippen LogP contribution in [0.25, 0.3) is 11.1 Å². The Labute approximate surface area is 196 Å². The van der Waals surface area contributed by atoms with Gasteiger partial charge in [-0.25, -0.2) is 0 Å². The number of aliphatic hydroxyl groups is 1.